The van der Waals surface area contributed by atoms with E-state index in [0.717, 1.165) is 94.9 Å². The number of anilines is 1. The van der Waals surface area contributed by atoms with Gasteiger partial charge in [0.05, 0.1) is 30.6 Å². The molecule has 1 saturated heterocycles. The van der Waals surface area contributed by atoms with Crippen molar-refractivity contribution >= 4 is 17.5 Å². The third-order valence-electron chi connectivity index (χ3n) is 5.99. The van der Waals surface area contributed by atoms with Crippen molar-refractivity contribution in [1.29, 1.82) is 0 Å². The first-order chi connectivity index (χ1) is 15.7. The van der Waals surface area contributed by atoms with Crippen LogP contribution in [-0.2, 0) is 11.3 Å². The molecule has 0 aromatic carbocycles. The smallest absolute Gasteiger partial charge is 0.224 e. The Labute approximate surface area is 190 Å². The molecule has 0 bridgehead atoms. The number of morpholine rings is 1. The summed E-state index contributed by atoms with van der Waals surface area (Å²) in [6.45, 7) is 7.38. The first-order valence-corrected chi connectivity index (χ1v) is 11.8. The largest absolute Gasteiger partial charge is 0.393 e. The van der Waals surface area contributed by atoms with Crippen LogP contribution in [0.1, 0.15) is 51.0 Å². The van der Waals surface area contributed by atoms with E-state index in [4.69, 9.17) is 19.7 Å². The quantitative estimate of drug-likeness (QED) is 0.608. The van der Waals surface area contributed by atoms with Crippen LogP contribution in [0.2, 0.25) is 0 Å². The Kier molecular flexibility index (Phi) is 8.14. The van der Waals surface area contributed by atoms with Crippen LogP contribution in [0.5, 0.6) is 0 Å². The van der Waals surface area contributed by atoms with Crippen LogP contribution in [0, 0.1) is 0 Å². The number of aliphatic hydroxyl groups is 1. The van der Waals surface area contributed by atoms with E-state index in [-0.39, 0.29) is 6.10 Å². The van der Waals surface area contributed by atoms with Crippen molar-refractivity contribution < 1.29 is 9.84 Å². The van der Waals surface area contributed by atoms with Crippen LogP contribution in [0.15, 0.2) is 29.5 Å². The minimum absolute atomic E-state index is 0.217. The van der Waals surface area contributed by atoms with Gasteiger partial charge in [0.1, 0.15) is 0 Å². The van der Waals surface area contributed by atoms with Gasteiger partial charge in [-0.3, -0.25) is 9.88 Å². The van der Waals surface area contributed by atoms with Crippen molar-refractivity contribution in [2.24, 2.45) is 4.99 Å². The van der Waals surface area contributed by atoms with E-state index in [1.807, 2.05) is 18.5 Å². The molecule has 32 heavy (non-hydrogen) atoms. The molecule has 0 spiro atoms. The van der Waals surface area contributed by atoms with Crippen molar-refractivity contribution in [3.63, 3.8) is 0 Å². The minimum atomic E-state index is -0.217. The molecule has 8 heteroatoms. The number of pyridine rings is 1. The van der Waals surface area contributed by atoms with Crippen LogP contribution in [0.25, 0.3) is 11.3 Å². The van der Waals surface area contributed by atoms with Gasteiger partial charge in [-0.05, 0) is 43.7 Å². The lowest BCUT2D eigenvalue weighted by Crippen LogP contribution is -2.35. The molecule has 2 aromatic heterocycles. The molecule has 0 atom stereocenters. The fraction of sp³-hybridized carbons (Fsp3) is 0.583. The van der Waals surface area contributed by atoms with E-state index in [2.05, 4.69) is 28.2 Å². The lowest BCUT2D eigenvalue weighted by molar-refractivity contribution is 0.0341. The molecule has 2 aromatic rings. The first kappa shape index (κ1) is 22.8. The number of rotatable bonds is 8. The molecule has 2 N–H and O–H groups in total. The maximum atomic E-state index is 9.82. The van der Waals surface area contributed by atoms with Gasteiger partial charge in [0.25, 0.3) is 0 Å². The Bertz CT molecular complexity index is 886. The molecular weight excluding hydrogens is 404 g/mol. The second-order valence-electron chi connectivity index (χ2n) is 8.56. The van der Waals surface area contributed by atoms with E-state index in [0.29, 0.717) is 11.8 Å². The molecule has 1 aliphatic carbocycles. The second-order valence-corrected chi connectivity index (χ2v) is 8.56. The Morgan fingerprint density at radius 1 is 1.16 bits per heavy atom. The Hall–Kier alpha value is -2.42. The molecule has 172 valence electrons. The number of aliphatic hydroxyl groups excluding tert-OH is 1. The van der Waals surface area contributed by atoms with E-state index in [9.17, 15) is 5.11 Å². The highest BCUT2D eigenvalue weighted by Crippen LogP contribution is 2.29. The van der Waals surface area contributed by atoms with Gasteiger partial charge in [-0.15, -0.1) is 0 Å². The molecule has 3 heterocycles. The number of hydrogen-bond acceptors (Lipinski definition) is 8. The number of hydrogen-bond donors (Lipinski definition) is 2. The average molecular weight is 439 g/mol. The number of nitrogens with zero attached hydrogens (tertiary/aromatic N) is 5. The molecule has 4 rings (SSSR count). The van der Waals surface area contributed by atoms with Gasteiger partial charge in [-0.1, -0.05) is 19.4 Å². The SMILES string of the molecule is CCCCNc1ncc(-c2ccc(CN3CCOCC3)cn2)c(N=C2CCC(O)CC2)n1. The molecule has 0 radical (unpaired) electrons. The zero-order valence-electron chi connectivity index (χ0n) is 19.0. The third kappa shape index (κ3) is 6.31. The van der Waals surface area contributed by atoms with Gasteiger partial charge in [0.2, 0.25) is 5.95 Å². The third-order valence-corrected chi connectivity index (χ3v) is 5.99. The number of nitrogens with one attached hydrogen (secondary N) is 1. The maximum Gasteiger partial charge on any atom is 0.224 e. The van der Waals surface area contributed by atoms with E-state index >= 15 is 0 Å². The predicted molar refractivity (Wildman–Crippen MR) is 126 cm³/mol. The van der Waals surface area contributed by atoms with Crippen LogP contribution >= 0.6 is 0 Å². The van der Waals surface area contributed by atoms with Gasteiger partial charge in [-0.2, -0.15) is 4.98 Å². The summed E-state index contributed by atoms with van der Waals surface area (Å²) in [6, 6.07) is 4.16. The van der Waals surface area contributed by atoms with Gasteiger partial charge in [-0.25, -0.2) is 9.98 Å². The monoisotopic (exact) mass is 438 g/mol. The summed E-state index contributed by atoms with van der Waals surface area (Å²) in [5.41, 5.74) is 3.93. The summed E-state index contributed by atoms with van der Waals surface area (Å²) in [5, 5.41) is 13.1. The number of aromatic nitrogens is 3. The lowest BCUT2D eigenvalue weighted by atomic mass is 9.96. The van der Waals surface area contributed by atoms with Gasteiger partial charge >= 0.3 is 0 Å². The molecule has 2 fully saturated rings. The Balaban J connectivity index is 1.55. The van der Waals surface area contributed by atoms with Gasteiger partial charge in [0, 0.05) is 44.3 Å². The summed E-state index contributed by atoms with van der Waals surface area (Å²) in [4.78, 5) is 21.2. The van der Waals surface area contributed by atoms with E-state index < -0.39 is 0 Å². The fourth-order valence-electron chi connectivity index (χ4n) is 3.99. The van der Waals surface area contributed by atoms with Crippen molar-refractivity contribution in [2.45, 2.75) is 58.1 Å². The van der Waals surface area contributed by atoms with Crippen LogP contribution in [0.4, 0.5) is 11.8 Å². The number of unbranched alkanes of at least 4 members (excludes halogenated alkanes) is 1. The maximum absolute atomic E-state index is 9.82. The van der Waals surface area contributed by atoms with Crippen molar-refractivity contribution in [2.75, 3.05) is 38.2 Å². The summed E-state index contributed by atoms with van der Waals surface area (Å²) < 4.78 is 5.43. The minimum Gasteiger partial charge on any atom is -0.393 e. The van der Waals surface area contributed by atoms with Gasteiger partial charge < -0.3 is 15.2 Å². The second kappa shape index (κ2) is 11.4. The molecule has 2 aliphatic rings. The molecule has 8 nitrogen and oxygen atoms in total. The normalized spacial score (nSPS) is 19.7. The molecular formula is C24H34N6O2. The lowest BCUT2D eigenvalue weighted by Gasteiger charge is -2.26. The molecule has 1 saturated carbocycles. The van der Waals surface area contributed by atoms with Gasteiger partial charge in [0.15, 0.2) is 5.82 Å². The Morgan fingerprint density at radius 3 is 2.69 bits per heavy atom. The van der Waals surface area contributed by atoms with Crippen LogP contribution in [0.3, 0.4) is 0 Å². The Morgan fingerprint density at radius 2 is 1.97 bits per heavy atom. The van der Waals surface area contributed by atoms with E-state index in [1.54, 1.807) is 0 Å². The summed E-state index contributed by atoms with van der Waals surface area (Å²) >= 11 is 0. The fourth-order valence-corrected chi connectivity index (χ4v) is 3.99. The van der Waals surface area contributed by atoms with Crippen LogP contribution in [-0.4, -0.2) is 69.6 Å². The summed E-state index contributed by atoms with van der Waals surface area (Å²) in [6.07, 6.45) is 8.84. The standard InChI is InChI=1S/C24H34N6O2/c1-2-3-10-25-24-27-16-21(23(29-24)28-19-5-7-20(31)8-6-19)22-9-4-18(15-26-22)17-30-11-13-32-14-12-30/h4,9,15-16,20,31H,2-3,5-8,10-14,17H2,1H3,(H,25,27,29). The van der Waals surface area contributed by atoms with Crippen LogP contribution < -0.4 is 5.32 Å². The van der Waals surface area contributed by atoms with Crippen molar-refractivity contribution in [3.8, 4) is 11.3 Å². The average Bonchev–Trinajstić information content (AvgIpc) is 2.82. The molecule has 1 aliphatic heterocycles. The topological polar surface area (TPSA) is 95.8 Å². The zero-order chi connectivity index (χ0) is 22.2. The highest BCUT2D eigenvalue weighted by molar-refractivity contribution is 5.89. The highest BCUT2D eigenvalue weighted by atomic mass is 16.5. The van der Waals surface area contributed by atoms with Crippen molar-refractivity contribution in [1.82, 2.24) is 19.9 Å². The van der Waals surface area contributed by atoms with Crippen molar-refractivity contribution in [3.05, 3.63) is 30.1 Å². The first-order valence-electron chi connectivity index (χ1n) is 11.8. The summed E-state index contributed by atoms with van der Waals surface area (Å²) in [5.74, 6) is 1.25. The highest BCUT2D eigenvalue weighted by Gasteiger charge is 2.17. The zero-order valence-corrected chi connectivity index (χ0v) is 19.0. The number of ether oxygens (including phenoxy) is 1. The predicted octanol–water partition coefficient (Wildman–Crippen LogP) is 3.59. The molecule has 0 amide bonds. The molecule has 0 unspecified atom stereocenters. The van der Waals surface area contributed by atoms with E-state index in [1.165, 1.54) is 5.56 Å². The number of aliphatic imine (C=N–C) groups is 1. The summed E-state index contributed by atoms with van der Waals surface area (Å²) in [7, 11) is 0.